The van der Waals surface area contributed by atoms with Crippen LogP contribution in [0.5, 0.6) is 0 Å². The Labute approximate surface area is 440 Å². The van der Waals surface area contributed by atoms with E-state index < -0.39 is 6.10 Å². The minimum Gasteiger partial charge on any atom is -0.462 e. The van der Waals surface area contributed by atoms with Gasteiger partial charge in [0.2, 0.25) is 0 Å². The Kier molecular flexibility index (Phi) is 57.2. The molecule has 0 radical (unpaired) electrons. The van der Waals surface area contributed by atoms with Gasteiger partial charge in [-0.05, 0) is 64.2 Å². The SMILES string of the molecule is CC/C=C\C/C=C\C/C=C\C/C=C\C/C=C\CCCCCCCC(=O)OC(COC(=O)CCCCCCC)COC(=O)CCCCCCCCCCCCCCCCCCCCCCCCCCCCC. The highest BCUT2D eigenvalue weighted by Gasteiger charge is 2.19. The van der Waals surface area contributed by atoms with E-state index in [0.717, 1.165) is 116 Å². The molecule has 0 bridgehead atoms. The Morgan fingerprint density at radius 3 is 0.859 bits per heavy atom. The van der Waals surface area contributed by atoms with Crippen molar-refractivity contribution in [3.63, 3.8) is 0 Å². The average Bonchev–Trinajstić information content (AvgIpc) is 3.37. The van der Waals surface area contributed by atoms with Gasteiger partial charge in [-0.15, -0.1) is 0 Å². The van der Waals surface area contributed by atoms with Gasteiger partial charge in [-0.1, -0.05) is 293 Å². The van der Waals surface area contributed by atoms with E-state index in [9.17, 15) is 14.4 Å². The summed E-state index contributed by atoms with van der Waals surface area (Å²) in [6.45, 7) is 6.46. The van der Waals surface area contributed by atoms with Crippen molar-refractivity contribution in [2.75, 3.05) is 13.2 Å². The molecule has 1 unspecified atom stereocenters. The summed E-state index contributed by atoms with van der Waals surface area (Å²) in [5.41, 5.74) is 0. The topological polar surface area (TPSA) is 78.9 Å². The summed E-state index contributed by atoms with van der Waals surface area (Å²) in [6.07, 6.45) is 75.7. The van der Waals surface area contributed by atoms with Gasteiger partial charge in [0.1, 0.15) is 13.2 Å². The highest BCUT2D eigenvalue weighted by molar-refractivity contribution is 5.71. The van der Waals surface area contributed by atoms with Crippen molar-refractivity contribution in [2.45, 2.75) is 322 Å². The molecule has 0 rings (SSSR count). The standard InChI is InChI=1S/C65H116O6/c1-4-7-10-13-15-17-19-21-23-25-27-29-30-31-32-33-34-36-37-39-41-43-45-47-49-52-55-58-64(67)70-61-62(60-69-63(66)57-54-51-12-9-6-3)71-65(68)59-56-53-50-48-46-44-42-40-38-35-28-26-24-22-20-18-16-14-11-8-5-2/h8,11,16,18,22,24,28,35,40,42,62H,4-7,9-10,12-15,17,19-21,23,25-27,29-34,36-39,41,43-61H2,1-3H3/b11-8-,18-16-,24-22-,35-28-,42-40-. The molecule has 0 spiro atoms. The predicted octanol–water partition coefficient (Wildman–Crippen LogP) is 20.8. The normalized spacial score (nSPS) is 12.4. The summed E-state index contributed by atoms with van der Waals surface area (Å²) in [5.74, 6) is -0.900. The summed E-state index contributed by atoms with van der Waals surface area (Å²) in [5, 5.41) is 0. The summed E-state index contributed by atoms with van der Waals surface area (Å²) in [6, 6.07) is 0. The number of rotatable bonds is 56. The van der Waals surface area contributed by atoms with Gasteiger partial charge in [0.25, 0.3) is 0 Å². The van der Waals surface area contributed by atoms with Crippen molar-refractivity contribution in [1.29, 1.82) is 0 Å². The molecule has 6 heteroatoms. The Bertz CT molecular complexity index is 1280. The summed E-state index contributed by atoms with van der Waals surface area (Å²) in [4.78, 5) is 37.9. The van der Waals surface area contributed by atoms with E-state index in [1.807, 2.05) is 0 Å². The van der Waals surface area contributed by atoms with E-state index >= 15 is 0 Å². The molecule has 0 saturated heterocycles. The minimum atomic E-state index is -0.780. The third kappa shape index (κ3) is 57.9. The molecule has 0 aliphatic heterocycles. The second kappa shape index (κ2) is 59.7. The lowest BCUT2D eigenvalue weighted by atomic mass is 10.0. The van der Waals surface area contributed by atoms with Crippen molar-refractivity contribution in [2.24, 2.45) is 0 Å². The van der Waals surface area contributed by atoms with Gasteiger partial charge < -0.3 is 14.2 Å². The van der Waals surface area contributed by atoms with E-state index in [1.54, 1.807) is 0 Å². The molecule has 0 aliphatic carbocycles. The first kappa shape index (κ1) is 68.1. The maximum absolute atomic E-state index is 12.8. The van der Waals surface area contributed by atoms with Crippen LogP contribution >= 0.6 is 0 Å². The van der Waals surface area contributed by atoms with Crippen LogP contribution in [0.1, 0.15) is 316 Å². The lowest BCUT2D eigenvalue weighted by Gasteiger charge is -2.18. The molecule has 0 N–H and O–H groups in total. The van der Waals surface area contributed by atoms with Gasteiger partial charge in [0, 0.05) is 19.3 Å². The molecule has 0 aromatic rings. The van der Waals surface area contributed by atoms with Gasteiger partial charge in [0.15, 0.2) is 6.10 Å². The third-order valence-corrected chi connectivity index (χ3v) is 13.5. The molecule has 0 aliphatic rings. The number of esters is 3. The van der Waals surface area contributed by atoms with E-state index in [2.05, 4.69) is 81.5 Å². The maximum atomic E-state index is 12.8. The van der Waals surface area contributed by atoms with E-state index in [0.29, 0.717) is 19.3 Å². The number of unbranched alkanes of at least 4 members (excludes halogenated alkanes) is 35. The Hall–Kier alpha value is -2.89. The van der Waals surface area contributed by atoms with Crippen LogP contribution in [0.4, 0.5) is 0 Å². The number of hydrogen-bond donors (Lipinski definition) is 0. The molecule has 0 saturated carbocycles. The van der Waals surface area contributed by atoms with Crippen LogP contribution in [0, 0.1) is 0 Å². The fraction of sp³-hybridized carbons (Fsp3) is 0.800. The fourth-order valence-corrected chi connectivity index (χ4v) is 8.94. The molecular weight excluding hydrogens is 877 g/mol. The zero-order valence-electron chi connectivity index (χ0n) is 47.2. The molecule has 0 heterocycles. The quantitative estimate of drug-likeness (QED) is 0.0261. The fourth-order valence-electron chi connectivity index (χ4n) is 8.94. The molecule has 412 valence electrons. The highest BCUT2D eigenvalue weighted by Crippen LogP contribution is 2.17. The van der Waals surface area contributed by atoms with Crippen molar-refractivity contribution < 1.29 is 28.6 Å². The Morgan fingerprint density at radius 1 is 0.296 bits per heavy atom. The summed E-state index contributed by atoms with van der Waals surface area (Å²) < 4.78 is 16.7. The van der Waals surface area contributed by atoms with Gasteiger partial charge in [-0.25, -0.2) is 0 Å². The number of ether oxygens (including phenoxy) is 3. The molecular formula is C65H116O6. The number of carbonyl (C=O) groups is 3. The van der Waals surface area contributed by atoms with Crippen LogP contribution in [0.2, 0.25) is 0 Å². The Balaban J connectivity index is 4.03. The number of carbonyl (C=O) groups excluding carboxylic acids is 3. The zero-order chi connectivity index (χ0) is 51.4. The molecule has 0 amide bonds. The molecule has 6 nitrogen and oxygen atoms in total. The predicted molar refractivity (Wildman–Crippen MR) is 307 cm³/mol. The van der Waals surface area contributed by atoms with Crippen molar-refractivity contribution in [3.05, 3.63) is 60.8 Å². The lowest BCUT2D eigenvalue weighted by molar-refractivity contribution is -0.167. The maximum Gasteiger partial charge on any atom is 0.306 e. The highest BCUT2D eigenvalue weighted by atomic mass is 16.6. The second-order valence-corrected chi connectivity index (χ2v) is 20.6. The van der Waals surface area contributed by atoms with Crippen molar-refractivity contribution >= 4 is 17.9 Å². The van der Waals surface area contributed by atoms with Gasteiger partial charge in [-0.2, -0.15) is 0 Å². The number of allylic oxidation sites excluding steroid dienone is 10. The smallest absolute Gasteiger partial charge is 0.306 e. The molecule has 1 atom stereocenters. The van der Waals surface area contributed by atoms with Crippen LogP contribution in [0.15, 0.2) is 60.8 Å². The van der Waals surface area contributed by atoms with Crippen LogP contribution < -0.4 is 0 Å². The van der Waals surface area contributed by atoms with Gasteiger partial charge >= 0.3 is 17.9 Å². The largest absolute Gasteiger partial charge is 0.462 e. The van der Waals surface area contributed by atoms with Gasteiger partial charge in [-0.3, -0.25) is 14.4 Å². The molecule has 0 fully saturated rings. The zero-order valence-corrected chi connectivity index (χ0v) is 47.2. The monoisotopic (exact) mass is 993 g/mol. The van der Waals surface area contributed by atoms with E-state index in [4.69, 9.17) is 14.2 Å². The van der Waals surface area contributed by atoms with Crippen LogP contribution in [0.3, 0.4) is 0 Å². The Morgan fingerprint density at radius 2 is 0.549 bits per heavy atom. The van der Waals surface area contributed by atoms with Crippen molar-refractivity contribution in [3.8, 4) is 0 Å². The summed E-state index contributed by atoms with van der Waals surface area (Å²) >= 11 is 0. The van der Waals surface area contributed by atoms with E-state index in [-0.39, 0.29) is 31.1 Å². The first-order valence-electron chi connectivity index (χ1n) is 30.8. The van der Waals surface area contributed by atoms with E-state index in [1.165, 1.54) is 161 Å². The van der Waals surface area contributed by atoms with Crippen LogP contribution in [-0.2, 0) is 28.6 Å². The molecule has 71 heavy (non-hydrogen) atoms. The van der Waals surface area contributed by atoms with Crippen LogP contribution in [0.25, 0.3) is 0 Å². The lowest BCUT2D eigenvalue weighted by Crippen LogP contribution is -2.30. The first-order valence-corrected chi connectivity index (χ1v) is 30.8. The second-order valence-electron chi connectivity index (χ2n) is 20.6. The molecule has 0 aromatic heterocycles. The van der Waals surface area contributed by atoms with Gasteiger partial charge in [0.05, 0.1) is 0 Å². The number of hydrogen-bond acceptors (Lipinski definition) is 6. The van der Waals surface area contributed by atoms with Crippen molar-refractivity contribution in [1.82, 2.24) is 0 Å². The summed E-state index contributed by atoms with van der Waals surface area (Å²) in [7, 11) is 0. The molecule has 0 aromatic carbocycles. The minimum absolute atomic E-state index is 0.0797. The first-order chi connectivity index (χ1) is 35.0. The third-order valence-electron chi connectivity index (χ3n) is 13.5. The average molecular weight is 994 g/mol. The van der Waals surface area contributed by atoms with Crippen LogP contribution in [-0.4, -0.2) is 37.2 Å².